The number of hydrogen-bond acceptors (Lipinski definition) is 4. The molecule has 1 heterocycles. The summed E-state index contributed by atoms with van der Waals surface area (Å²) in [6, 6.07) is 22.6. The summed E-state index contributed by atoms with van der Waals surface area (Å²) in [6.07, 6.45) is 3.45. The molecular formula is C30H35FN2O3. The SMILES string of the molecule is CC(O)CCc1ccc(N2CCC(Cc3ccc(F)cc3)CC2)cc1NC(=O)OCc1ccccc1. The van der Waals surface area contributed by atoms with E-state index < -0.39 is 12.2 Å². The van der Waals surface area contributed by atoms with E-state index in [1.165, 1.54) is 17.7 Å². The van der Waals surface area contributed by atoms with Crippen LogP contribution in [0.3, 0.4) is 0 Å². The largest absolute Gasteiger partial charge is 0.444 e. The second-order valence-corrected chi connectivity index (χ2v) is 9.68. The van der Waals surface area contributed by atoms with Crippen molar-refractivity contribution in [2.75, 3.05) is 23.3 Å². The van der Waals surface area contributed by atoms with Crippen LogP contribution < -0.4 is 10.2 Å². The molecule has 3 aromatic carbocycles. The minimum atomic E-state index is -0.493. The van der Waals surface area contributed by atoms with Gasteiger partial charge in [0.05, 0.1) is 6.10 Å². The van der Waals surface area contributed by atoms with Crippen LogP contribution in [0.4, 0.5) is 20.6 Å². The molecule has 1 aliphatic heterocycles. The first-order valence-corrected chi connectivity index (χ1v) is 12.7. The zero-order chi connectivity index (χ0) is 25.3. The number of nitrogens with zero attached hydrogens (tertiary/aromatic N) is 1. The van der Waals surface area contributed by atoms with Crippen molar-refractivity contribution < 1.29 is 19.0 Å². The Morgan fingerprint density at radius 1 is 1.06 bits per heavy atom. The molecule has 2 N–H and O–H groups in total. The first-order valence-electron chi connectivity index (χ1n) is 12.7. The number of aliphatic hydroxyl groups excluding tert-OH is 1. The Hall–Kier alpha value is -3.38. The Balaban J connectivity index is 1.39. The third kappa shape index (κ3) is 7.56. The molecule has 0 saturated carbocycles. The highest BCUT2D eigenvalue weighted by molar-refractivity contribution is 5.86. The smallest absolute Gasteiger partial charge is 0.411 e. The Morgan fingerprint density at radius 3 is 2.47 bits per heavy atom. The third-order valence-corrected chi connectivity index (χ3v) is 6.79. The fourth-order valence-corrected chi connectivity index (χ4v) is 4.68. The fraction of sp³-hybridized carbons (Fsp3) is 0.367. The molecule has 0 radical (unpaired) electrons. The molecule has 1 fully saturated rings. The number of anilines is 2. The predicted octanol–water partition coefficient (Wildman–Crippen LogP) is 6.35. The zero-order valence-corrected chi connectivity index (χ0v) is 20.8. The van der Waals surface area contributed by atoms with E-state index >= 15 is 0 Å². The van der Waals surface area contributed by atoms with Gasteiger partial charge in [-0.2, -0.15) is 0 Å². The molecule has 0 aromatic heterocycles. The van der Waals surface area contributed by atoms with Gasteiger partial charge >= 0.3 is 6.09 Å². The molecule has 0 bridgehead atoms. The van der Waals surface area contributed by atoms with Crippen LogP contribution in [0.15, 0.2) is 72.8 Å². The number of benzene rings is 3. The van der Waals surface area contributed by atoms with Gasteiger partial charge in [0.2, 0.25) is 0 Å². The van der Waals surface area contributed by atoms with Gasteiger partial charge in [-0.3, -0.25) is 5.32 Å². The van der Waals surface area contributed by atoms with Crippen LogP contribution in [0.2, 0.25) is 0 Å². The van der Waals surface area contributed by atoms with Gasteiger partial charge in [0.1, 0.15) is 12.4 Å². The number of aryl methyl sites for hydroxylation is 1. The van der Waals surface area contributed by atoms with Gasteiger partial charge in [0.25, 0.3) is 0 Å². The van der Waals surface area contributed by atoms with Crippen LogP contribution in [0.1, 0.15) is 42.9 Å². The van der Waals surface area contributed by atoms with Gasteiger partial charge in [-0.05, 0) is 85.9 Å². The maximum absolute atomic E-state index is 13.2. The number of aliphatic hydroxyl groups is 1. The molecular weight excluding hydrogens is 455 g/mol. The second kappa shape index (κ2) is 12.5. The molecule has 0 aliphatic carbocycles. The molecule has 6 heteroatoms. The van der Waals surface area contributed by atoms with E-state index in [4.69, 9.17) is 4.74 Å². The quantitative estimate of drug-likeness (QED) is 0.367. The van der Waals surface area contributed by atoms with Gasteiger partial charge in [-0.1, -0.05) is 48.5 Å². The number of carbonyl (C=O) groups excluding carboxylic acids is 1. The normalized spacial score (nSPS) is 14.9. The number of amides is 1. The third-order valence-electron chi connectivity index (χ3n) is 6.79. The lowest BCUT2D eigenvalue weighted by molar-refractivity contribution is 0.155. The first kappa shape index (κ1) is 25.7. The zero-order valence-electron chi connectivity index (χ0n) is 20.8. The summed E-state index contributed by atoms with van der Waals surface area (Å²) in [6.45, 7) is 3.83. The van der Waals surface area contributed by atoms with E-state index in [0.717, 1.165) is 54.9 Å². The summed E-state index contributed by atoms with van der Waals surface area (Å²) in [5, 5.41) is 12.7. The van der Waals surface area contributed by atoms with E-state index in [2.05, 4.69) is 16.3 Å². The van der Waals surface area contributed by atoms with Crippen molar-refractivity contribution in [2.24, 2.45) is 5.92 Å². The predicted molar refractivity (Wildman–Crippen MR) is 142 cm³/mol. The molecule has 1 unspecified atom stereocenters. The van der Waals surface area contributed by atoms with Gasteiger partial charge in [0.15, 0.2) is 0 Å². The second-order valence-electron chi connectivity index (χ2n) is 9.68. The van der Waals surface area contributed by atoms with Crippen molar-refractivity contribution in [1.29, 1.82) is 0 Å². The number of rotatable bonds is 9. The van der Waals surface area contributed by atoms with Crippen molar-refractivity contribution in [2.45, 2.75) is 51.7 Å². The van der Waals surface area contributed by atoms with Crippen molar-refractivity contribution in [3.8, 4) is 0 Å². The van der Waals surface area contributed by atoms with E-state index in [0.29, 0.717) is 18.8 Å². The number of piperidine rings is 1. The average molecular weight is 491 g/mol. The first-order chi connectivity index (χ1) is 17.5. The molecule has 36 heavy (non-hydrogen) atoms. The fourth-order valence-electron chi connectivity index (χ4n) is 4.68. The van der Waals surface area contributed by atoms with Crippen LogP contribution in [0.25, 0.3) is 0 Å². The number of halogens is 1. The monoisotopic (exact) mass is 490 g/mol. The van der Waals surface area contributed by atoms with Crippen molar-refractivity contribution >= 4 is 17.5 Å². The van der Waals surface area contributed by atoms with Crippen molar-refractivity contribution in [1.82, 2.24) is 0 Å². The van der Waals surface area contributed by atoms with Crippen LogP contribution >= 0.6 is 0 Å². The highest BCUT2D eigenvalue weighted by atomic mass is 19.1. The lowest BCUT2D eigenvalue weighted by atomic mass is 9.90. The van der Waals surface area contributed by atoms with Crippen molar-refractivity contribution in [3.05, 3.63) is 95.3 Å². The van der Waals surface area contributed by atoms with E-state index in [9.17, 15) is 14.3 Å². The maximum atomic E-state index is 13.2. The maximum Gasteiger partial charge on any atom is 0.411 e. The standard InChI is InChI=1S/C30H35FN2O3/c1-22(34)7-10-26-11-14-28(20-29(26)32-30(35)36-21-25-5-3-2-4-6-25)33-17-15-24(16-18-33)19-23-8-12-27(31)13-9-23/h2-6,8-9,11-14,20,22,24,34H,7,10,15-19,21H2,1H3,(H,32,35). The van der Waals surface area contributed by atoms with Gasteiger partial charge in [-0.15, -0.1) is 0 Å². The summed E-state index contributed by atoms with van der Waals surface area (Å²) in [4.78, 5) is 14.9. The number of nitrogens with one attached hydrogen (secondary N) is 1. The van der Waals surface area contributed by atoms with Gasteiger partial charge in [-0.25, -0.2) is 9.18 Å². The topological polar surface area (TPSA) is 61.8 Å². The summed E-state index contributed by atoms with van der Waals surface area (Å²) >= 11 is 0. The lowest BCUT2D eigenvalue weighted by Gasteiger charge is -2.34. The van der Waals surface area contributed by atoms with E-state index in [1.54, 1.807) is 6.92 Å². The molecule has 0 spiro atoms. The minimum Gasteiger partial charge on any atom is -0.444 e. The Kier molecular flexibility index (Phi) is 8.95. The molecule has 1 atom stereocenters. The number of carbonyl (C=O) groups is 1. The highest BCUT2D eigenvalue weighted by Crippen LogP contribution is 2.30. The minimum absolute atomic E-state index is 0.196. The molecule has 190 valence electrons. The molecule has 1 amide bonds. The Bertz CT molecular complexity index is 1110. The Morgan fingerprint density at radius 2 is 1.78 bits per heavy atom. The van der Waals surface area contributed by atoms with E-state index in [1.807, 2.05) is 54.6 Å². The molecule has 1 aliphatic rings. The van der Waals surface area contributed by atoms with Crippen LogP contribution in [0, 0.1) is 11.7 Å². The number of hydrogen-bond donors (Lipinski definition) is 2. The summed E-state index contributed by atoms with van der Waals surface area (Å²) < 4.78 is 18.6. The van der Waals surface area contributed by atoms with Crippen LogP contribution in [0.5, 0.6) is 0 Å². The van der Waals surface area contributed by atoms with Crippen LogP contribution in [-0.2, 0) is 24.2 Å². The Labute approximate surface area is 212 Å². The summed E-state index contributed by atoms with van der Waals surface area (Å²) in [7, 11) is 0. The molecule has 3 aromatic rings. The van der Waals surface area contributed by atoms with Gasteiger partial charge in [0, 0.05) is 24.5 Å². The molecule has 1 saturated heterocycles. The summed E-state index contributed by atoms with van der Waals surface area (Å²) in [5.74, 6) is 0.376. The molecule has 5 nitrogen and oxygen atoms in total. The lowest BCUT2D eigenvalue weighted by Crippen LogP contribution is -2.34. The van der Waals surface area contributed by atoms with Crippen molar-refractivity contribution in [3.63, 3.8) is 0 Å². The van der Waals surface area contributed by atoms with Gasteiger partial charge < -0.3 is 14.7 Å². The number of ether oxygens (including phenoxy) is 1. The van der Waals surface area contributed by atoms with E-state index in [-0.39, 0.29) is 12.4 Å². The highest BCUT2D eigenvalue weighted by Gasteiger charge is 2.21. The molecule has 4 rings (SSSR count). The average Bonchev–Trinajstić information content (AvgIpc) is 2.89. The summed E-state index contributed by atoms with van der Waals surface area (Å²) in [5.41, 5.74) is 4.87. The van der Waals surface area contributed by atoms with Crippen LogP contribution in [-0.4, -0.2) is 30.4 Å².